The second-order valence-corrected chi connectivity index (χ2v) is 19.9. The molecule has 17 heteroatoms. The number of hydrogen-bond acceptors (Lipinski definition) is 11. The van der Waals surface area contributed by atoms with E-state index in [1.54, 1.807) is 51.2 Å². The number of aromatic nitrogens is 1. The number of fused-ring (bicyclic) bond motifs is 4. The highest BCUT2D eigenvalue weighted by atomic mass is 16.8. The fraction of sp³-hybridized carbons (Fsp3) is 0.362. The third kappa shape index (κ3) is 11.7. The molecule has 75 heavy (non-hydrogen) atoms. The SMILES string of the molecule is CC(OC(c1ccccc1)(c1ccccc1)c1ccccc1)[C@@H]1NC(=O)C(CCCCN)NC(=O)[C@@H](Cc2c[nH]c3ccccc23)NC(=O)C(Cc2ccccc2)NC(=O)C(O)C2O[C@@H]3OC(C)(C)OC3[C@@H]2NC1=O. The number of unbranched alkanes of at least 4 members (excludes halogenated alkanes) is 1. The lowest BCUT2D eigenvalue weighted by molar-refractivity contribution is -0.217. The molecule has 4 heterocycles. The lowest BCUT2D eigenvalue weighted by atomic mass is 9.79. The van der Waals surface area contributed by atoms with Crippen molar-refractivity contribution < 1.29 is 48.0 Å². The highest BCUT2D eigenvalue weighted by Crippen LogP contribution is 2.42. The minimum Gasteiger partial charge on any atom is -0.380 e. The van der Waals surface area contributed by atoms with Crippen LogP contribution in [0.3, 0.4) is 0 Å². The van der Waals surface area contributed by atoms with Gasteiger partial charge in [-0.15, -0.1) is 0 Å². The summed E-state index contributed by atoms with van der Waals surface area (Å²) in [5.74, 6) is -5.15. The van der Waals surface area contributed by atoms with Crippen LogP contribution >= 0.6 is 0 Å². The summed E-state index contributed by atoms with van der Waals surface area (Å²) < 4.78 is 26.0. The van der Waals surface area contributed by atoms with Gasteiger partial charge in [0, 0.05) is 29.9 Å². The Morgan fingerprint density at radius 2 is 1.15 bits per heavy atom. The number of aliphatic hydroxyl groups excluding tert-OH is 1. The molecule has 0 spiro atoms. The van der Waals surface area contributed by atoms with Crippen LogP contribution in [-0.2, 0) is 61.4 Å². The zero-order valence-electron chi connectivity index (χ0n) is 42.1. The van der Waals surface area contributed by atoms with Gasteiger partial charge in [-0.2, -0.15) is 0 Å². The van der Waals surface area contributed by atoms with Crippen molar-refractivity contribution in [2.75, 3.05) is 6.54 Å². The summed E-state index contributed by atoms with van der Waals surface area (Å²) in [6.07, 6.45) is -4.17. The molecule has 6 aromatic rings. The van der Waals surface area contributed by atoms with E-state index < -0.39 is 102 Å². The number of carbonyl (C=O) groups excluding carboxylic acids is 5. The summed E-state index contributed by atoms with van der Waals surface area (Å²) in [6, 6.07) is 38.4. The van der Waals surface area contributed by atoms with Crippen LogP contribution < -0.4 is 32.3 Å². The first-order valence-electron chi connectivity index (χ1n) is 25.6. The van der Waals surface area contributed by atoms with E-state index >= 15 is 9.59 Å². The molecule has 0 saturated carbocycles. The van der Waals surface area contributed by atoms with Crippen molar-refractivity contribution in [1.29, 1.82) is 0 Å². The second-order valence-electron chi connectivity index (χ2n) is 19.9. The Hall–Kier alpha value is -7.25. The smallest absolute Gasteiger partial charge is 0.252 e. The molecule has 17 nitrogen and oxygen atoms in total. The molecule has 0 aliphatic carbocycles. The maximum Gasteiger partial charge on any atom is 0.252 e. The standard InChI is InChI=1S/C58H65N7O10/c1-35(73-58(38-22-10-5-11-23-38,39-24-12-6-13-25-39)40-26-14-7-15-27-40)46-54(70)65-47-49(72-56-50(47)74-57(2,3)75-56)48(66)55(71)63-44(32-36-20-8-4-9-21-36)52(68)62-45(33-37-34-60-42-29-17-16-28-41(37)42)53(69)61-43(51(67)64-46)30-18-19-31-59/h4-17,20-29,34-35,43-50,56,60,66H,18-19,30-33,59H2,1-3H3,(H,61,69)(H,62,68)(H,63,71)(H,64,67)(H,65,70)/t35?,43?,44?,45-,46+,47-,48?,49?,50?,56-/m1/s1. The van der Waals surface area contributed by atoms with Gasteiger partial charge >= 0.3 is 0 Å². The van der Waals surface area contributed by atoms with Gasteiger partial charge in [-0.3, -0.25) is 24.0 Å². The molecule has 3 saturated heterocycles. The lowest BCUT2D eigenvalue weighted by Crippen LogP contribution is -2.63. The third-order valence-electron chi connectivity index (χ3n) is 14.2. The molecule has 9 N–H and O–H groups in total. The van der Waals surface area contributed by atoms with Crippen LogP contribution in [0.5, 0.6) is 0 Å². The van der Waals surface area contributed by atoms with Crippen molar-refractivity contribution in [3.63, 3.8) is 0 Å². The van der Waals surface area contributed by atoms with Crippen LogP contribution in [0, 0.1) is 0 Å². The number of aromatic amines is 1. The quantitative estimate of drug-likeness (QED) is 0.0569. The van der Waals surface area contributed by atoms with Crippen LogP contribution in [-0.4, -0.2) is 113 Å². The predicted molar refractivity (Wildman–Crippen MR) is 279 cm³/mol. The molecule has 5 amide bonds. The van der Waals surface area contributed by atoms with E-state index in [1.165, 1.54) is 0 Å². The van der Waals surface area contributed by atoms with Gasteiger partial charge in [-0.1, -0.05) is 140 Å². The zero-order chi connectivity index (χ0) is 52.7. The van der Waals surface area contributed by atoms with Gasteiger partial charge in [0.05, 0.1) is 12.1 Å². The molecule has 3 aliphatic rings. The summed E-state index contributed by atoms with van der Waals surface area (Å²) in [7, 11) is 0. The molecule has 6 unspecified atom stereocenters. The zero-order valence-corrected chi connectivity index (χ0v) is 42.1. The summed E-state index contributed by atoms with van der Waals surface area (Å²) in [6.45, 7) is 5.32. The van der Waals surface area contributed by atoms with Crippen molar-refractivity contribution in [1.82, 2.24) is 31.6 Å². The first-order valence-corrected chi connectivity index (χ1v) is 25.6. The first kappa shape index (κ1) is 52.6. The minimum atomic E-state index is -2.01. The number of para-hydroxylation sites is 1. The maximum absolute atomic E-state index is 15.5. The number of ether oxygens (including phenoxy) is 4. The number of nitrogens with one attached hydrogen (secondary N) is 6. The number of carbonyl (C=O) groups is 5. The van der Waals surface area contributed by atoms with E-state index in [0.717, 1.165) is 27.6 Å². The summed E-state index contributed by atoms with van der Waals surface area (Å²) in [5, 5.41) is 27.4. The van der Waals surface area contributed by atoms with E-state index in [-0.39, 0.29) is 19.3 Å². The number of amides is 5. The largest absolute Gasteiger partial charge is 0.380 e. The summed E-state index contributed by atoms with van der Waals surface area (Å²) in [5.41, 5.74) is 8.95. The van der Waals surface area contributed by atoms with E-state index in [9.17, 15) is 19.5 Å². The topological polar surface area (TPSA) is 244 Å². The average molecular weight is 1020 g/mol. The number of hydrogen-bond donors (Lipinski definition) is 8. The van der Waals surface area contributed by atoms with E-state index in [4.69, 9.17) is 24.7 Å². The summed E-state index contributed by atoms with van der Waals surface area (Å²) >= 11 is 0. The molecule has 3 aliphatic heterocycles. The average Bonchev–Trinajstić information content (AvgIpc) is 4.08. The molecule has 0 bridgehead atoms. The molecule has 392 valence electrons. The number of aliphatic hydroxyl groups is 1. The van der Waals surface area contributed by atoms with Gasteiger partial charge in [0.2, 0.25) is 23.6 Å². The molecule has 0 radical (unpaired) electrons. The molecule has 5 aromatic carbocycles. The Balaban J connectivity index is 1.15. The van der Waals surface area contributed by atoms with Crippen molar-refractivity contribution in [3.8, 4) is 0 Å². The van der Waals surface area contributed by atoms with Crippen molar-refractivity contribution in [2.45, 2.75) is 125 Å². The Morgan fingerprint density at radius 1 is 0.613 bits per heavy atom. The van der Waals surface area contributed by atoms with Gasteiger partial charge in [-0.25, -0.2) is 0 Å². The van der Waals surface area contributed by atoms with Crippen molar-refractivity contribution in [2.24, 2.45) is 5.73 Å². The molecular weight excluding hydrogens is 955 g/mol. The third-order valence-corrected chi connectivity index (χ3v) is 14.2. The molecular formula is C58H65N7O10. The predicted octanol–water partition coefficient (Wildman–Crippen LogP) is 4.15. The second kappa shape index (κ2) is 23.1. The van der Waals surface area contributed by atoms with Crippen molar-refractivity contribution >= 4 is 40.4 Å². The molecule has 10 atom stereocenters. The number of nitrogens with two attached hydrogens (primary N) is 1. The molecule has 3 fully saturated rings. The van der Waals surface area contributed by atoms with Crippen molar-refractivity contribution in [3.05, 3.63) is 180 Å². The Kier molecular flexibility index (Phi) is 16.2. The monoisotopic (exact) mass is 1020 g/mol. The number of H-pyrrole nitrogens is 1. The fourth-order valence-electron chi connectivity index (χ4n) is 10.4. The number of rotatable bonds is 14. The lowest BCUT2D eigenvalue weighted by Gasteiger charge is -2.40. The van der Waals surface area contributed by atoms with E-state index in [1.807, 2.05) is 121 Å². The Bertz CT molecular complexity index is 2830. The normalized spacial score (nSPS) is 25.9. The summed E-state index contributed by atoms with van der Waals surface area (Å²) in [4.78, 5) is 78.1. The van der Waals surface area contributed by atoms with Crippen LogP contribution in [0.1, 0.15) is 67.9 Å². The van der Waals surface area contributed by atoms with Crippen LogP contribution in [0.15, 0.2) is 152 Å². The van der Waals surface area contributed by atoms with E-state index in [0.29, 0.717) is 30.5 Å². The number of benzene rings is 5. The maximum atomic E-state index is 15.5. The minimum absolute atomic E-state index is 0.0273. The van der Waals surface area contributed by atoms with Gasteiger partial charge < -0.3 is 61.4 Å². The van der Waals surface area contributed by atoms with Crippen LogP contribution in [0.4, 0.5) is 0 Å². The van der Waals surface area contributed by atoms with Crippen LogP contribution in [0.2, 0.25) is 0 Å². The van der Waals surface area contributed by atoms with Gasteiger partial charge in [-0.05, 0) is 80.5 Å². The first-order chi connectivity index (χ1) is 36.2. The van der Waals surface area contributed by atoms with Gasteiger partial charge in [0.15, 0.2) is 18.2 Å². The van der Waals surface area contributed by atoms with Gasteiger partial charge in [0.25, 0.3) is 5.91 Å². The highest BCUT2D eigenvalue weighted by molar-refractivity contribution is 5.97. The highest BCUT2D eigenvalue weighted by Gasteiger charge is 2.58. The Labute approximate surface area is 435 Å². The van der Waals surface area contributed by atoms with E-state index in [2.05, 4.69) is 31.6 Å². The fourth-order valence-corrected chi connectivity index (χ4v) is 10.4. The molecule has 9 rings (SSSR count). The Morgan fingerprint density at radius 3 is 1.76 bits per heavy atom. The van der Waals surface area contributed by atoms with Gasteiger partial charge in [0.1, 0.15) is 42.0 Å². The van der Waals surface area contributed by atoms with Crippen LogP contribution in [0.25, 0.3) is 10.9 Å². The molecule has 1 aromatic heterocycles.